The molecular weight excluding hydrogens is 372 g/mol. The van der Waals surface area contributed by atoms with Gasteiger partial charge in [-0.25, -0.2) is 5.43 Å². The minimum absolute atomic E-state index is 0.342. The van der Waals surface area contributed by atoms with Gasteiger partial charge in [0.15, 0.2) is 11.5 Å². The van der Waals surface area contributed by atoms with Crippen LogP contribution < -0.4 is 14.9 Å². The second kappa shape index (κ2) is 8.21. The van der Waals surface area contributed by atoms with Crippen LogP contribution >= 0.6 is 22.9 Å². The molecule has 0 atom stereocenters. The van der Waals surface area contributed by atoms with E-state index >= 15 is 0 Å². The molecule has 1 aromatic heterocycles. The van der Waals surface area contributed by atoms with Crippen LogP contribution in [0, 0.1) is 0 Å². The maximum absolute atomic E-state index is 12.4. The highest BCUT2D eigenvalue weighted by Gasteiger charge is 2.16. The number of thiophene rings is 1. The van der Waals surface area contributed by atoms with Crippen LogP contribution in [0.1, 0.15) is 22.2 Å². The lowest BCUT2D eigenvalue weighted by atomic mass is 10.2. The molecule has 0 unspecified atom stereocenters. The molecule has 3 aromatic rings. The number of hydrogen-bond donors (Lipinski definition) is 1. The molecule has 0 spiro atoms. The van der Waals surface area contributed by atoms with Gasteiger partial charge in [-0.15, -0.1) is 11.3 Å². The van der Waals surface area contributed by atoms with E-state index in [4.69, 9.17) is 21.1 Å². The Morgan fingerprint density at radius 2 is 2.08 bits per heavy atom. The van der Waals surface area contributed by atoms with Crippen molar-refractivity contribution < 1.29 is 14.3 Å². The number of halogens is 1. The number of nitrogens with zero attached hydrogens (tertiary/aromatic N) is 1. The van der Waals surface area contributed by atoms with Crippen LogP contribution in [0.25, 0.3) is 10.1 Å². The number of ether oxygens (including phenoxy) is 2. The Hall–Kier alpha value is -2.57. The minimum Gasteiger partial charge on any atom is -0.493 e. The first-order chi connectivity index (χ1) is 12.6. The first kappa shape index (κ1) is 18.2. The van der Waals surface area contributed by atoms with E-state index in [1.807, 2.05) is 37.3 Å². The summed E-state index contributed by atoms with van der Waals surface area (Å²) in [5.41, 5.74) is 3.29. The first-order valence-electron chi connectivity index (χ1n) is 7.95. The monoisotopic (exact) mass is 388 g/mol. The summed E-state index contributed by atoms with van der Waals surface area (Å²) in [5, 5.41) is 5.32. The number of rotatable bonds is 6. The fraction of sp³-hybridized carbons (Fsp3) is 0.158. The Balaban J connectivity index is 1.74. The van der Waals surface area contributed by atoms with Gasteiger partial charge < -0.3 is 9.47 Å². The zero-order valence-electron chi connectivity index (χ0n) is 14.3. The molecule has 26 heavy (non-hydrogen) atoms. The third kappa shape index (κ3) is 3.81. The Kier molecular flexibility index (Phi) is 5.75. The molecule has 7 heteroatoms. The molecule has 1 amide bonds. The van der Waals surface area contributed by atoms with E-state index in [9.17, 15) is 4.79 Å². The van der Waals surface area contributed by atoms with E-state index in [1.54, 1.807) is 25.5 Å². The first-order valence-corrected chi connectivity index (χ1v) is 9.14. The Morgan fingerprint density at radius 1 is 1.27 bits per heavy atom. The highest BCUT2D eigenvalue weighted by Crippen LogP contribution is 2.35. The molecule has 0 radical (unpaired) electrons. The number of hydrogen-bond acceptors (Lipinski definition) is 5. The number of methoxy groups -OCH3 is 1. The van der Waals surface area contributed by atoms with Crippen molar-refractivity contribution >= 4 is 45.1 Å². The lowest BCUT2D eigenvalue weighted by Gasteiger charge is -2.09. The van der Waals surface area contributed by atoms with Crippen LogP contribution in [0.15, 0.2) is 47.6 Å². The molecule has 3 rings (SSSR count). The summed E-state index contributed by atoms with van der Waals surface area (Å²) >= 11 is 7.64. The van der Waals surface area contributed by atoms with E-state index in [1.165, 1.54) is 11.3 Å². The van der Waals surface area contributed by atoms with E-state index in [-0.39, 0.29) is 5.91 Å². The van der Waals surface area contributed by atoms with Crippen LogP contribution in [0.2, 0.25) is 5.02 Å². The fourth-order valence-electron chi connectivity index (χ4n) is 2.42. The highest BCUT2D eigenvalue weighted by atomic mass is 35.5. The third-order valence-electron chi connectivity index (χ3n) is 3.61. The van der Waals surface area contributed by atoms with Crippen molar-refractivity contribution in [2.75, 3.05) is 13.7 Å². The van der Waals surface area contributed by atoms with Crippen LogP contribution in [-0.4, -0.2) is 25.8 Å². The van der Waals surface area contributed by atoms with E-state index in [2.05, 4.69) is 10.5 Å². The average molecular weight is 389 g/mol. The van der Waals surface area contributed by atoms with Gasteiger partial charge in [-0.3, -0.25) is 4.79 Å². The number of amides is 1. The number of carbonyl (C=O) groups excluding carboxylic acids is 1. The summed E-state index contributed by atoms with van der Waals surface area (Å²) in [4.78, 5) is 12.8. The predicted molar refractivity (Wildman–Crippen MR) is 106 cm³/mol. The van der Waals surface area contributed by atoms with Crippen LogP contribution in [0.3, 0.4) is 0 Å². The van der Waals surface area contributed by atoms with Gasteiger partial charge in [0, 0.05) is 10.1 Å². The maximum atomic E-state index is 12.4. The Morgan fingerprint density at radius 3 is 2.81 bits per heavy atom. The van der Waals surface area contributed by atoms with Crippen molar-refractivity contribution in [2.45, 2.75) is 6.92 Å². The molecule has 2 aromatic carbocycles. The van der Waals surface area contributed by atoms with Gasteiger partial charge in [0.1, 0.15) is 4.88 Å². The number of nitrogens with one attached hydrogen (secondary N) is 1. The van der Waals surface area contributed by atoms with E-state index in [0.717, 1.165) is 15.6 Å². The van der Waals surface area contributed by atoms with Gasteiger partial charge in [-0.2, -0.15) is 5.10 Å². The Bertz CT molecular complexity index is 969. The van der Waals surface area contributed by atoms with Crippen molar-refractivity contribution in [3.63, 3.8) is 0 Å². The smallest absolute Gasteiger partial charge is 0.283 e. The van der Waals surface area contributed by atoms with Crippen LogP contribution in [0.4, 0.5) is 0 Å². The van der Waals surface area contributed by atoms with Crippen molar-refractivity contribution in [1.29, 1.82) is 0 Å². The number of benzene rings is 2. The van der Waals surface area contributed by atoms with Gasteiger partial charge in [0.25, 0.3) is 5.91 Å². The van der Waals surface area contributed by atoms with Gasteiger partial charge in [0.2, 0.25) is 0 Å². The summed E-state index contributed by atoms with van der Waals surface area (Å²) in [5.74, 6) is 0.925. The highest BCUT2D eigenvalue weighted by molar-refractivity contribution is 7.21. The van der Waals surface area contributed by atoms with Crippen LogP contribution in [-0.2, 0) is 0 Å². The quantitative estimate of drug-likeness (QED) is 0.490. The number of hydrazone groups is 1. The molecule has 0 saturated carbocycles. The van der Waals surface area contributed by atoms with Crippen molar-refractivity contribution in [3.8, 4) is 11.5 Å². The van der Waals surface area contributed by atoms with E-state index < -0.39 is 0 Å². The normalized spacial score (nSPS) is 11.0. The predicted octanol–water partition coefficient (Wildman–Crippen LogP) is 4.73. The van der Waals surface area contributed by atoms with Gasteiger partial charge >= 0.3 is 0 Å². The zero-order valence-corrected chi connectivity index (χ0v) is 15.9. The summed E-state index contributed by atoms with van der Waals surface area (Å²) < 4.78 is 11.7. The van der Waals surface area contributed by atoms with E-state index in [0.29, 0.717) is 28.0 Å². The largest absolute Gasteiger partial charge is 0.493 e. The average Bonchev–Trinajstić information content (AvgIpc) is 2.99. The van der Waals surface area contributed by atoms with Gasteiger partial charge in [0.05, 0.1) is 25.0 Å². The fourth-order valence-corrected chi connectivity index (χ4v) is 3.83. The van der Waals surface area contributed by atoms with Crippen molar-refractivity contribution in [3.05, 3.63) is 57.9 Å². The van der Waals surface area contributed by atoms with Crippen LogP contribution in [0.5, 0.6) is 11.5 Å². The summed E-state index contributed by atoms with van der Waals surface area (Å²) in [7, 11) is 1.58. The third-order valence-corrected chi connectivity index (χ3v) is 5.28. The second-order valence-electron chi connectivity index (χ2n) is 5.28. The molecule has 0 bridgehead atoms. The van der Waals surface area contributed by atoms with Gasteiger partial charge in [-0.05, 0) is 36.8 Å². The van der Waals surface area contributed by atoms with Gasteiger partial charge in [-0.1, -0.05) is 29.8 Å². The lowest BCUT2D eigenvalue weighted by Crippen LogP contribution is -2.16. The topological polar surface area (TPSA) is 59.9 Å². The molecular formula is C19H17ClN2O3S. The molecule has 1 N–H and O–H groups in total. The van der Waals surface area contributed by atoms with Crippen molar-refractivity contribution in [2.24, 2.45) is 5.10 Å². The SMILES string of the molecule is CCOc1cc(/C=N\NC(=O)c2sc3ccccc3c2Cl)ccc1OC. The minimum atomic E-state index is -0.342. The lowest BCUT2D eigenvalue weighted by molar-refractivity contribution is 0.0959. The molecule has 0 aliphatic rings. The summed E-state index contributed by atoms with van der Waals surface area (Å²) in [6, 6.07) is 13.0. The molecule has 5 nitrogen and oxygen atoms in total. The Labute approximate surface area is 160 Å². The molecule has 0 saturated heterocycles. The summed E-state index contributed by atoms with van der Waals surface area (Å²) in [6.45, 7) is 2.42. The molecule has 0 aliphatic heterocycles. The standard InChI is InChI=1S/C19H17ClN2O3S/c1-3-25-15-10-12(8-9-14(15)24-2)11-21-22-19(23)18-17(20)13-6-4-5-7-16(13)26-18/h4-11H,3H2,1-2H3,(H,22,23)/b21-11-. The molecule has 0 aliphatic carbocycles. The number of fused-ring (bicyclic) bond motifs is 1. The molecule has 134 valence electrons. The summed E-state index contributed by atoms with van der Waals surface area (Å²) in [6.07, 6.45) is 1.54. The molecule has 1 heterocycles. The second-order valence-corrected chi connectivity index (χ2v) is 6.71. The number of carbonyl (C=O) groups is 1. The molecule has 0 fully saturated rings. The zero-order chi connectivity index (χ0) is 18.5. The maximum Gasteiger partial charge on any atom is 0.283 e. The van der Waals surface area contributed by atoms with Crippen molar-refractivity contribution in [1.82, 2.24) is 5.43 Å².